The molecule has 0 aliphatic rings. The van der Waals surface area contributed by atoms with Crippen LogP contribution in [-0.2, 0) is 26.2 Å². The summed E-state index contributed by atoms with van der Waals surface area (Å²) in [7, 11) is -3.79. The van der Waals surface area contributed by atoms with E-state index in [0.29, 0.717) is 0 Å². The molecule has 1 aromatic carbocycles. The predicted molar refractivity (Wildman–Crippen MR) is 93.6 cm³/mol. The maximum atomic E-state index is 12.4. The highest BCUT2D eigenvalue weighted by molar-refractivity contribution is 7.91. The lowest BCUT2D eigenvalue weighted by molar-refractivity contribution is -0.149. The molecule has 7 nitrogen and oxygen atoms in total. The minimum Gasteiger partial charge on any atom is -0.480 e. The molecule has 0 aliphatic carbocycles. The van der Waals surface area contributed by atoms with Crippen LogP contribution >= 0.6 is 11.3 Å². The largest absolute Gasteiger partial charge is 0.480 e. The Labute approximate surface area is 150 Å². The van der Waals surface area contributed by atoms with E-state index in [9.17, 15) is 23.1 Å². The minimum absolute atomic E-state index is 0.0773. The van der Waals surface area contributed by atoms with Crippen LogP contribution in [0.3, 0.4) is 0 Å². The zero-order valence-electron chi connectivity index (χ0n) is 13.5. The Morgan fingerprint density at radius 1 is 1.20 bits per heavy atom. The maximum Gasteiger partial charge on any atom is 0.326 e. The van der Waals surface area contributed by atoms with E-state index in [1.165, 1.54) is 13.0 Å². The van der Waals surface area contributed by atoms with Crippen molar-refractivity contribution in [2.45, 2.75) is 23.7 Å². The maximum absolute atomic E-state index is 12.4. The van der Waals surface area contributed by atoms with Crippen LogP contribution in [0.15, 0.2) is 52.1 Å². The highest BCUT2D eigenvalue weighted by atomic mass is 32.2. The van der Waals surface area contributed by atoms with Crippen LogP contribution in [0.25, 0.3) is 0 Å². The molecule has 0 spiro atoms. The molecule has 0 saturated heterocycles. The van der Waals surface area contributed by atoms with Crippen molar-refractivity contribution in [3.05, 3.63) is 53.4 Å². The third-order valence-electron chi connectivity index (χ3n) is 3.51. The van der Waals surface area contributed by atoms with E-state index in [1.54, 1.807) is 35.7 Å². The number of carbonyl (C=O) groups excluding carboxylic acids is 1. The molecular formula is C16H18N2O5S2. The summed E-state index contributed by atoms with van der Waals surface area (Å²) in [5.41, 5.74) is 0.755. The van der Waals surface area contributed by atoms with Gasteiger partial charge in [0.25, 0.3) is 10.0 Å². The van der Waals surface area contributed by atoms with E-state index in [2.05, 4.69) is 4.72 Å². The zero-order chi connectivity index (χ0) is 18.4. The van der Waals surface area contributed by atoms with Gasteiger partial charge in [-0.2, -0.15) is 0 Å². The molecule has 9 heteroatoms. The van der Waals surface area contributed by atoms with Crippen molar-refractivity contribution in [1.29, 1.82) is 0 Å². The van der Waals surface area contributed by atoms with Crippen LogP contribution in [0.1, 0.15) is 12.5 Å². The van der Waals surface area contributed by atoms with E-state index < -0.39 is 34.5 Å². The molecule has 0 aliphatic heterocycles. The van der Waals surface area contributed by atoms with Gasteiger partial charge in [-0.3, -0.25) is 4.79 Å². The SMILES string of the molecule is CC(C(=O)O)N(Cc1ccccc1)C(=O)CNS(=O)(=O)c1cccs1. The third kappa shape index (κ3) is 5.12. The average molecular weight is 382 g/mol. The first-order chi connectivity index (χ1) is 11.8. The fourth-order valence-electron chi connectivity index (χ4n) is 2.10. The molecule has 0 saturated carbocycles. The normalized spacial score (nSPS) is 12.5. The summed E-state index contributed by atoms with van der Waals surface area (Å²) in [5, 5.41) is 10.8. The molecule has 0 fully saturated rings. The lowest BCUT2D eigenvalue weighted by Gasteiger charge is -2.26. The summed E-state index contributed by atoms with van der Waals surface area (Å²) in [6, 6.07) is 10.8. The Morgan fingerprint density at radius 3 is 2.44 bits per heavy atom. The summed E-state index contributed by atoms with van der Waals surface area (Å²) in [6.45, 7) is 0.954. The number of benzene rings is 1. The van der Waals surface area contributed by atoms with Gasteiger partial charge in [-0.1, -0.05) is 36.4 Å². The molecule has 134 valence electrons. The quantitative estimate of drug-likeness (QED) is 0.721. The first-order valence-corrected chi connectivity index (χ1v) is 9.77. The van der Waals surface area contributed by atoms with Crippen molar-refractivity contribution >= 4 is 33.2 Å². The summed E-state index contributed by atoms with van der Waals surface area (Å²) < 4.78 is 26.5. The predicted octanol–water partition coefficient (Wildman–Crippen LogP) is 1.53. The molecule has 2 aromatic rings. The second-order valence-electron chi connectivity index (χ2n) is 5.28. The van der Waals surface area contributed by atoms with E-state index >= 15 is 0 Å². The van der Waals surface area contributed by atoms with Crippen LogP contribution in [-0.4, -0.2) is 42.9 Å². The van der Waals surface area contributed by atoms with Gasteiger partial charge in [0.15, 0.2) is 0 Å². The summed E-state index contributed by atoms with van der Waals surface area (Å²) in [6.07, 6.45) is 0. The molecule has 1 aromatic heterocycles. The smallest absolute Gasteiger partial charge is 0.326 e. The number of thiophene rings is 1. The molecule has 25 heavy (non-hydrogen) atoms. The fourth-order valence-corrected chi connectivity index (χ4v) is 4.11. The van der Waals surface area contributed by atoms with Crippen LogP contribution in [0, 0.1) is 0 Å². The van der Waals surface area contributed by atoms with Gasteiger partial charge in [0, 0.05) is 6.54 Å². The number of sulfonamides is 1. The van der Waals surface area contributed by atoms with Crippen molar-refractivity contribution in [3.63, 3.8) is 0 Å². The van der Waals surface area contributed by atoms with Crippen molar-refractivity contribution in [3.8, 4) is 0 Å². The molecule has 0 radical (unpaired) electrons. The van der Waals surface area contributed by atoms with Crippen LogP contribution in [0.4, 0.5) is 0 Å². The number of rotatable bonds is 8. The number of hydrogen-bond donors (Lipinski definition) is 2. The molecule has 1 atom stereocenters. The van der Waals surface area contributed by atoms with Gasteiger partial charge in [0.05, 0.1) is 6.54 Å². The number of carboxylic acid groups (broad SMARTS) is 1. The first-order valence-electron chi connectivity index (χ1n) is 7.40. The number of aliphatic carboxylic acids is 1. The van der Waals surface area contributed by atoms with Gasteiger partial charge in [0.2, 0.25) is 5.91 Å². The van der Waals surface area contributed by atoms with Gasteiger partial charge in [-0.25, -0.2) is 17.9 Å². The summed E-state index contributed by atoms with van der Waals surface area (Å²) >= 11 is 1.03. The van der Waals surface area contributed by atoms with E-state index in [1.807, 2.05) is 6.07 Å². The molecule has 0 bridgehead atoms. The zero-order valence-corrected chi connectivity index (χ0v) is 15.1. The molecule has 1 amide bonds. The van der Waals surface area contributed by atoms with Crippen LogP contribution < -0.4 is 4.72 Å². The molecule has 1 heterocycles. The second-order valence-corrected chi connectivity index (χ2v) is 8.22. The number of nitrogens with one attached hydrogen (secondary N) is 1. The lowest BCUT2D eigenvalue weighted by Crippen LogP contribution is -2.47. The van der Waals surface area contributed by atoms with Gasteiger partial charge in [0.1, 0.15) is 10.3 Å². The van der Waals surface area contributed by atoms with E-state index in [-0.39, 0.29) is 10.8 Å². The number of nitrogens with zero attached hydrogens (tertiary/aromatic N) is 1. The fraction of sp³-hybridized carbons (Fsp3) is 0.250. The first kappa shape index (κ1) is 19.1. The standard InChI is InChI=1S/C16H18N2O5S2/c1-12(16(20)21)18(11-13-6-3-2-4-7-13)14(19)10-17-25(22,23)15-8-5-9-24-15/h2-9,12,17H,10-11H2,1H3,(H,20,21). The summed E-state index contributed by atoms with van der Waals surface area (Å²) in [5.74, 6) is -1.77. The van der Waals surface area contributed by atoms with Gasteiger partial charge in [-0.15, -0.1) is 11.3 Å². The van der Waals surface area contributed by atoms with Crippen molar-refractivity contribution < 1.29 is 23.1 Å². The molecular weight excluding hydrogens is 364 g/mol. The average Bonchev–Trinajstić information content (AvgIpc) is 3.13. The van der Waals surface area contributed by atoms with Crippen molar-refractivity contribution in [2.24, 2.45) is 0 Å². The molecule has 2 N–H and O–H groups in total. The summed E-state index contributed by atoms with van der Waals surface area (Å²) in [4.78, 5) is 24.9. The topological polar surface area (TPSA) is 104 Å². The Hall–Kier alpha value is -2.23. The third-order valence-corrected chi connectivity index (χ3v) is 6.31. The second kappa shape index (κ2) is 8.24. The lowest BCUT2D eigenvalue weighted by atomic mass is 10.2. The van der Waals surface area contributed by atoms with Crippen LogP contribution in [0.5, 0.6) is 0 Å². The van der Waals surface area contributed by atoms with Gasteiger partial charge in [-0.05, 0) is 23.9 Å². The van der Waals surface area contributed by atoms with Crippen molar-refractivity contribution in [2.75, 3.05) is 6.54 Å². The highest BCUT2D eigenvalue weighted by Crippen LogP contribution is 2.15. The number of carboxylic acids is 1. The van der Waals surface area contributed by atoms with Gasteiger partial charge >= 0.3 is 5.97 Å². The Morgan fingerprint density at radius 2 is 1.88 bits per heavy atom. The van der Waals surface area contributed by atoms with E-state index in [4.69, 9.17) is 0 Å². The minimum atomic E-state index is -3.79. The van der Waals surface area contributed by atoms with Gasteiger partial charge < -0.3 is 10.0 Å². The number of hydrogen-bond acceptors (Lipinski definition) is 5. The molecule has 1 unspecified atom stereocenters. The Bertz CT molecular complexity index is 819. The van der Waals surface area contributed by atoms with Crippen LogP contribution in [0.2, 0.25) is 0 Å². The monoisotopic (exact) mass is 382 g/mol. The van der Waals surface area contributed by atoms with Crippen molar-refractivity contribution in [1.82, 2.24) is 9.62 Å². The van der Waals surface area contributed by atoms with E-state index in [0.717, 1.165) is 21.8 Å². The number of amides is 1. The highest BCUT2D eigenvalue weighted by Gasteiger charge is 2.27. The molecule has 2 rings (SSSR count). The number of carbonyl (C=O) groups is 2. The Kier molecular flexibility index (Phi) is 6.29. The Balaban J connectivity index is 2.11.